The van der Waals surface area contributed by atoms with Gasteiger partial charge >= 0.3 is 0 Å². The van der Waals surface area contributed by atoms with Crippen LogP contribution in [-0.4, -0.2) is 23.9 Å². The topological polar surface area (TPSA) is 20.3 Å². The minimum atomic E-state index is -1.59. The molecule has 0 radical (unpaired) electrons. The third-order valence-electron chi connectivity index (χ3n) is 3.42. The molecule has 2 nitrogen and oxygen atoms in total. The molecule has 1 aliphatic heterocycles. The second kappa shape index (κ2) is 5.23. The maximum atomic E-state index is 13.6. The molecule has 1 aromatic rings. The molecule has 0 saturated carbocycles. The van der Waals surface area contributed by atoms with Crippen LogP contribution in [0.2, 0.25) is 0 Å². The summed E-state index contributed by atoms with van der Waals surface area (Å²) in [5, 5.41) is 0. The molecule has 1 aliphatic rings. The van der Waals surface area contributed by atoms with Crippen LogP contribution in [-0.2, 0) is 0 Å². The van der Waals surface area contributed by atoms with Crippen LogP contribution in [0.3, 0.4) is 0 Å². The first kappa shape index (κ1) is 13.9. The molecule has 1 aromatic carbocycles. The average molecular weight is 271 g/mol. The first-order chi connectivity index (χ1) is 8.90. The van der Waals surface area contributed by atoms with Crippen molar-refractivity contribution in [2.75, 3.05) is 13.1 Å². The van der Waals surface area contributed by atoms with Crippen molar-refractivity contribution in [3.63, 3.8) is 0 Å². The largest absolute Gasteiger partial charge is 0.338 e. The first-order valence-corrected chi connectivity index (χ1v) is 6.33. The number of carbonyl (C=O) groups is 1. The van der Waals surface area contributed by atoms with E-state index in [9.17, 15) is 18.0 Å². The Hall–Kier alpha value is -1.52. The fraction of sp³-hybridized carbons (Fsp3) is 0.500. The molecule has 2 unspecified atom stereocenters. The summed E-state index contributed by atoms with van der Waals surface area (Å²) in [6.07, 6.45) is 1.00. The first-order valence-electron chi connectivity index (χ1n) is 6.33. The van der Waals surface area contributed by atoms with E-state index in [4.69, 9.17) is 0 Å². The minimum absolute atomic E-state index is 0.320. The Balaban J connectivity index is 2.27. The number of benzene rings is 1. The Kier molecular flexibility index (Phi) is 3.83. The molecule has 104 valence electrons. The van der Waals surface area contributed by atoms with Crippen molar-refractivity contribution < 1.29 is 18.0 Å². The van der Waals surface area contributed by atoms with Gasteiger partial charge in [0.25, 0.3) is 5.91 Å². The summed E-state index contributed by atoms with van der Waals surface area (Å²) in [7, 11) is 0. The molecule has 1 amide bonds. The molecule has 0 N–H and O–H groups in total. The number of halogens is 3. The van der Waals surface area contributed by atoms with Gasteiger partial charge in [-0.2, -0.15) is 0 Å². The molecular weight excluding hydrogens is 255 g/mol. The highest BCUT2D eigenvalue weighted by molar-refractivity contribution is 5.94. The summed E-state index contributed by atoms with van der Waals surface area (Å²) >= 11 is 0. The van der Waals surface area contributed by atoms with Crippen LogP contribution in [0.5, 0.6) is 0 Å². The molecule has 0 aromatic heterocycles. The Morgan fingerprint density at radius 1 is 1.11 bits per heavy atom. The quantitative estimate of drug-likeness (QED) is 0.718. The number of likely N-dealkylation sites (tertiary alicyclic amines) is 1. The minimum Gasteiger partial charge on any atom is -0.338 e. The smallest absolute Gasteiger partial charge is 0.256 e. The highest BCUT2D eigenvalue weighted by Crippen LogP contribution is 2.24. The number of rotatable bonds is 1. The molecule has 1 fully saturated rings. The predicted molar refractivity (Wildman–Crippen MR) is 65.2 cm³/mol. The number of amides is 1. The summed E-state index contributed by atoms with van der Waals surface area (Å²) in [5.41, 5.74) is -0.403. The maximum absolute atomic E-state index is 13.6. The predicted octanol–water partition coefficient (Wildman–Crippen LogP) is 3.22. The molecule has 0 bridgehead atoms. The lowest BCUT2D eigenvalue weighted by Crippen LogP contribution is -2.43. The Labute approximate surface area is 110 Å². The van der Waals surface area contributed by atoms with E-state index < -0.39 is 28.9 Å². The van der Waals surface area contributed by atoms with Gasteiger partial charge < -0.3 is 4.90 Å². The summed E-state index contributed by atoms with van der Waals surface area (Å²) in [6, 6.07) is 1.78. The van der Waals surface area contributed by atoms with Crippen LogP contribution in [0.4, 0.5) is 13.2 Å². The van der Waals surface area contributed by atoms with E-state index in [1.165, 1.54) is 4.90 Å². The maximum Gasteiger partial charge on any atom is 0.256 e. The Morgan fingerprint density at radius 3 is 2.26 bits per heavy atom. The van der Waals surface area contributed by atoms with Crippen LogP contribution in [0.1, 0.15) is 30.6 Å². The zero-order chi connectivity index (χ0) is 14.2. The van der Waals surface area contributed by atoms with Crippen molar-refractivity contribution in [2.24, 2.45) is 11.8 Å². The normalized spacial score (nSPS) is 23.5. The van der Waals surface area contributed by atoms with E-state index >= 15 is 0 Å². The lowest BCUT2D eigenvalue weighted by atomic mass is 9.91. The molecule has 2 atom stereocenters. The highest BCUT2D eigenvalue weighted by atomic mass is 19.2. The fourth-order valence-corrected chi connectivity index (χ4v) is 2.69. The Morgan fingerprint density at radius 2 is 1.68 bits per heavy atom. The monoisotopic (exact) mass is 271 g/mol. The van der Waals surface area contributed by atoms with Gasteiger partial charge in [0, 0.05) is 13.1 Å². The Bertz CT molecular complexity index is 494. The van der Waals surface area contributed by atoms with Crippen LogP contribution in [0.25, 0.3) is 0 Å². The van der Waals surface area contributed by atoms with Crippen LogP contribution < -0.4 is 0 Å². The van der Waals surface area contributed by atoms with Gasteiger partial charge in [0.1, 0.15) is 0 Å². The van der Waals surface area contributed by atoms with Crippen molar-refractivity contribution in [1.29, 1.82) is 0 Å². The van der Waals surface area contributed by atoms with Crippen LogP contribution in [0.15, 0.2) is 12.1 Å². The molecule has 1 heterocycles. The number of carbonyl (C=O) groups excluding carboxylic acids is 1. The van der Waals surface area contributed by atoms with Crippen LogP contribution in [0, 0.1) is 29.3 Å². The molecule has 2 rings (SSSR count). The zero-order valence-corrected chi connectivity index (χ0v) is 10.9. The second-order valence-electron chi connectivity index (χ2n) is 5.38. The van der Waals surface area contributed by atoms with Gasteiger partial charge in [-0.05, 0) is 30.4 Å². The van der Waals surface area contributed by atoms with E-state index in [0.717, 1.165) is 18.6 Å². The van der Waals surface area contributed by atoms with Gasteiger partial charge in [-0.15, -0.1) is 0 Å². The summed E-state index contributed by atoms with van der Waals surface area (Å²) in [4.78, 5) is 13.7. The molecule has 5 heteroatoms. The fourth-order valence-electron chi connectivity index (χ4n) is 2.69. The van der Waals surface area contributed by atoms with Gasteiger partial charge in [-0.1, -0.05) is 13.8 Å². The number of hydrogen-bond donors (Lipinski definition) is 0. The van der Waals surface area contributed by atoms with Gasteiger partial charge in [0.05, 0.1) is 5.56 Å². The van der Waals surface area contributed by atoms with Crippen molar-refractivity contribution in [1.82, 2.24) is 4.90 Å². The second-order valence-corrected chi connectivity index (χ2v) is 5.38. The van der Waals surface area contributed by atoms with Gasteiger partial charge in [0.2, 0.25) is 0 Å². The van der Waals surface area contributed by atoms with E-state index in [-0.39, 0.29) is 0 Å². The third-order valence-corrected chi connectivity index (χ3v) is 3.42. The van der Waals surface area contributed by atoms with E-state index in [2.05, 4.69) is 0 Å². The number of piperidine rings is 1. The van der Waals surface area contributed by atoms with Crippen molar-refractivity contribution in [3.8, 4) is 0 Å². The van der Waals surface area contributed by atoms with Crippen molar-refractivity contribution in [2.45, 2.75) is 20.3 Å². The van der Waals surface area contributed by atoms with Crippen molar-refractivity contribution >= 4 is 5.91 Å². The van der Waals surface area contributed by atoms with Gasteiger partial charge in [-0.3, -0.25) is 4.79 Å². The molecule has 0 spiro atoms. The highest BCUT2D eigenvalue weighted by Gasteiger charge is 2.28. The standard InChI is InChI=1S/C14H16F3NO/c1-8-5-9(2)7-18(6-8)14(19)10-3-4-11(15)13(17)12(10)16/h3-4,8-9H,5-7H2,1-2H3. The molecule has 19 heavy (non-hydrogen) atoms. The van der Waals surface area contributed by atoms with Crippen LogP contribution >= 0.6 is 0 Å². The van der Waals surface area contributed by atoms with E-state index in [0.29, 0.717) is 24.9 Å². The third kappa shape index (κ3) is 2.74. The molecule has 1 saturated heterocycles. The number of hydrogen-bond acceptors (Lipinski definition) is 1. The molecule has 0 aliphatic carbocycles. The lowest BCUT2D eigenvalue weighted by Gasteiger charge is -2.35. The summed E-state index contributed by atoms with van der Waals surface area (Å²) in [5.74, 6) is -4.22. The average Bonchev–Trinajstić information content (AvgIpc) is 2.34. The van der Waals surface area contributed by atoms with Gasteiger partial charge in [0.15, 0.2) is 17.5 Å². The summed E-state index contributed by atoms with van der Waals surface area (Å²) in [6.45, 7) is 5.05. The van der Waals surface area contributed by atoms with E-state index in [1.807, 2.05) is 13.8 Å². The number of nitrogens with zero attached hydrogens (tertiary/aromatic N) is 1. The lowest BCUT2D eigenvalue weighted by molar-refractivity contribution is 0.0617. The summed E-state index contributed by atoms with van der Waals surface area (Å²) < 4.78 is 39.6. The molecular formula is C14H16F3NO. The van der Waals surface area contributed by atoms with Gasteiger partial charge in [-0.25, -0.2) is 13.2 Å². The van der Waals surface area contributed by atoms with Crippen molar-refractivity contribution in [3.05, 3.63) is 35.1 Å². The van der Waals surface area contributed by atoms with E-state index in [1.54, 1.807) is 0 Å². The SMILES string of the molecule is CC1CC(C)CN(C(=O)c2ccc(F)c(F)c2F)C1. The zero-order valence-electron chi connectivity index (χ0n) is 10.9.